The van der Waals surface area contributed by atoms with Crippen molar-refractivity contribution in [2.75, 3.05) is 13.2 Å². The summed E-state index contributed by atoms with van der Waals surface area (Å²) in [5.74, 6) is -0.296. The van der Waals surface area contributed by atoms with Crippen LogP contribution in [0, 0.1) is 0 Å². The topological polar surface area (TPSA) is 64.4 Å². The monoisotopic (exact) mass is 401 g/mol. The third-order valence-corrected chi connectivity index (χ3v) is 6.26. The van der Waals surface area contributed by atoms with Crippen molar-refractivity contribution < 1.29 is 14.3 Å². The lowest BCUT2D eigenvalue weighted by molar-refractivity contribution is -0.142. The van der Waals surface area contributed by atoms with Crippen molar-refractivity contribution in [3.05, 3.63) is 51.8 Å². The summed E-state index contributed by atoms with van der Waals surface area (Å²) in [5.41, 5.74) is 2.68. The van der Waals surface area contributed by atoms with Crippen LogP contribution in [0.5, 0.6) is 0 Å². The average molecular weight is 402 g/mol. The Balaban J connectivity index is 1.62. The normalized spacial score (nSPS) is 17.6. The first-order chi connectivity index (χ1) is 13.5. The number of ether oxygens (including phenoxy) is 1. The van der Waals surface area contributed by atoms with Crippen LogP contribution in [0.2, 0.25) is 5.02 Å². The molecule has 148 valence electrons. The molecular weight excluding hydrogens is 378 g/mol. The van der Waals surface area contributed by atoms with Gasteiger partial charge in [-0.1, -0.05) is 30.2 Å². The molecule has 1 aliphatic carbocycles. The zero-order valence-electron chi connectivity index (χ0n) is 16.2. The van der Waals surface area contributed by atoms with Gasteiger partial charge in [0.15, 0.2) is 5.69 Å². The van der Waals surface area contributed by atoms with E-state index >= 15 is 0 Å². The summed E-state index contributed by atoms with van der Waals surface area (Å²) in [5, 5.41) is 5.03. The lowest BCUT2D eigenvalue weighted by Gasteiger charge is -2.45. The SMILES string of the molecule is CCOC(=O)c1nn(C)c2c1CN(C(=O)C1(c3ccc(Cl)cc3)CCC1)CC2. The number of aromatic nitrogens is 2. The number of halogens is 1. The lowest BCUT2D eigenvalue weighted by Crippen LogP contribution is -2.52. The number of nitrogens with zero attached hydrogens (tertiary/aromatic N) is 3. The number of carbonyl (C=O) groups is 2. The molecule has 2 aliphatic rings. The highest BCUT2D eigenvalue weighted by molar-refractivity contribution is 6.30. The fourth-order valence-corrected chi connectivity index (χ4v) is 4.48. The van der Waals surface area contributed by atoms with Crippen molar-refractivity contribution in [3.8, 4) is 0 Å². The molecule has 0 N–H and O–H groups in total. The number of carbonyl (C=O) groups excluding carboxylic acids is 2. The molecule has 0 saturated heterocycles. The molecule has 1 aromatic carbocycles. The van der Waals surface area contributed by atoms with Crippen molar-refractivity contribution in [1.29, 1.82) is 0 Å². The summed E-state index contributed by atoms with van der Waals surface area (Å²) in [4.78, 5) is 27.7. The van der Waals surface area contributed by atoms with Crippen molar-refractivity contribution in [2.45, 2.75) is 44.6 Å². The van der Waals surface area contributed by atoms with E-state index in [0.29, 0.717) is 36.8 Å². The van der Waals surface area contributed by atoms with E-state index in [1.807, 2.05) is 36.2 Å². The number of esters is 1. The van der Waals surface area contributed by atoms with Crippen molar-refractivity contribution in [3.63, 3.8) is 0 Å². The molecule has 7 heteroatoms. The Morgan fingerprint density at radius 2 is 1.96 bits per heavy atom. The second-order valence-electron chi connectivity index (χ2n) is 7.54. The molecule has 0 atom stereocenters. The zero-order chi connectivity index (χ0) is 19.9. The summed E-state index contributed by atoms with van der Waals surface area (Å²) in [6.07, 6.45) is 3.40. The van der Waals surface area contributed by atoms with Crippen LogP contribution < -0.4 is 0 Å². The maximum absolute atomic E-state index is 13.6. The van der Waals surface area contributed by atoms with Crippen LogP contribution in [0.4, 0.5) is 0 Å². The summed E-state index contributed by atoms with van der Waals surface area (Å²) in [6, 6.07) is 7.61. The number of hydrogen-bond acceptors (Lipinski definition) is 4. The summed E-state index contributed by atoms with van der Waals surface area (Å²) in [6.45, 7) is 3.09. The van der Waals surface area contributed by atoms with Crippen molar-refractivity contribution >= 4 is 23.5 Å². The molecule has 0 unspecified atom stereocenters. The van der Waals surface area contributed by atoms with E-state index in [1.165, 1.54) is 0 Å². The first-order valence-corrected chi connectivity index (χ1v) is 10.1. The van der Waals surface area contributed by atoms with Gasteiger partial charge in [-0.2, -0.15) is 5.10 Å². The maximum Gasteiger partial charge on any atom is 0.359 e. The van der Waals surface area contributed by atoms with Gasteiger partial charge < -0.3 is 9.64 Å². The molecule has 0 bridgehead atoms. The Morgan fingerprint density at radius 3 is 2.57 bits per heavy atom. The Kier molecular flexibility index (Phi) is 4.91. The number of fused-ring (bicyclic) bond motifs is 1. The van der Waals surface area contributed by atoms with Gasteiger partial charge in [-0.05, 0) is 37.5 Å². The summed E-state index contributed by atoms with van der Waals surface area (Å²) in [7, 11) is 1.83. The number of benzene rings is 1. The van der Waals surface area contributed by atoms with E-state index < -0.39 is 11.4 Å². The minimum Gasteiger partial charge on any atom is -0.461 e. The van der Waals surface area contributed by atoms with E-state index in [9.17, 15) is 9.59 Å². The fourth-order valence-electron chi connectivity index (χ4n) is 4.36. The molecular formula is C21H24ClN3O3. The second kappa shape index (κ2) is 7.24. The first kappa shape index (κ1) is 19.0. The Labute approximate surface area is 169 Å². The number of rotatable bonds is 4. The molecule has 1 aromatic heterocycles. The van der Waals surface area contributed by atoms with Crippen molar-refractivity contribution in [2.24, 2.45) is 7.05 Å². The minimum atomic E-state index is -0.478. The Morgan fingerprint density at radius 1 is 1.25 bits per heavy atom. The van der Waals surface area contributed by atoms with Gasteiger partial charge in [0.2, 0.25) is 5.91 Å². The van der Waals surface area contributed by atoms with Gasteiger partial charge in [-0.3, -0.25) is 9.48 Å². The molecule has 28 heavy (non-hydrogen) atoms. The molecule has 4 rings (SSSR count). The maximum atomic E-state index is 13.6. The Bertz CT molecular complexity index is 916. The molecule has 1 amide bonds. The third kappa shape index (κ3) is 3.00. The average Bonchev–Trinajstić information content (AvgIpc) is 2.99. The molecule has 0 spiro atoms. The predicted molar refractivity (Wildman–Crippen MR) is 105 cm³/mol. The highest BCUT2D eigenvalue weighted by Gasteiger charge is 2.48. The van der Waals surface area contributed by atoms with Crippen LogP contribution >= 0.6 is 11.6 Å². The number of amides is 1. The number of hydrogen-bond donors (Lipinski definition) is 0. The summed E-state index contributed by atoms with van der Waals surface area (Å²) >= 11 is 6.03. The highest BCUT2D eigenvalue weighted by atomic mass is 35.5. The van der Waals surface area contributed by atoms with Gasteiger partial charge >= 0.3 is 5.97 Å². The van der Waals surface area contributed by atoms with E-state index in [0.717, 1.165) is 36.1 Å². The van der Waals surface area contributed by atoms with Gasteiger partial charge in [-0.25, -0.2) is 4.79 Å². The molecule has 1 fully saturated rings. The smallest absolute Gasteiger partial charge is 0.359 e. The van der Waals surface area contributed by atoms with Gasteiger partial charge in [0.05, 0.1) is 12.0 Å². The van der Waals surface area contributed by atoms with Crippen LogP contribution in [-0.2, 0) is 35.0 Å². The van der Waals surface area contributed by atoms with Crippen LogP contribution in [0.25, 0.3) is 0 Å². The molecule has 1 saturated carbocycles. The predicted octanol–water partition coefficient (Wildman–Crippen LogP) is 3.26. The molecule has 2 aromatic rings. The first-order valence-electron chi connectivity index (χ1n) is 9.73. The van der Waals surface area contributed by atoms with E-state index in [4.69, 9.17) is 16.3 Å². The largest absolute Gasteiger partial charge is 0.461 e. The van der Waals surface area contributed by atoms with Gasteiger partial charge in [0, 0.05) is 42.8 Å². The van der Waals surface area contributed by atoms with Gasteiger partial charge in [0.25, 0.3) is 0 Å². The van der Waals surface area contributed by atoms with Crippen LogP contribution in [0.1, 0.15) is 53.5 Å². The molecule has 6 nitrogen and oxygen atoms in total. The Hall–Kier alpha value is -2.34. The highest BCUT2D eigenvalue weighted by Crippen LogP contribution is 2.46. The quantitative estimate of drug-likeness (QED) is 0.737. The van der Waals surface area contributed by atoms with Crippen LogP contribution in [-0.4, -0.2) is 39.7 Å². The van der Waals surface area contributed by atoms with Crippen LogP contribution in [0.15, 0.2) is 24.3 Å². The van der Waals surface area contributed by atoms with E-state index in [-0.39, 0.29) is 5.91 Å². The van der Waals surface area contributed by atoms with Gasteiger partial charge in [0.1, 0.15) is 0 Å². The second-order valence-corrected chi connectivity index (χ2v) is 7.97. The fraction of sp³-hybridized carbons (Fsp3) is 0.476. The van der Waals surface area contributed by atoms with Crippen molar-refractivity contribution in [1.82, 2.24) is 14.7 Å². The van der Waals surface area contributed by atoms with Gasteiger partial charge in [-0.15, -0.1) is 0 Å². The molecule has 1 aliphatic heterocycles. The number of aryl methyl sites for hydroxylation is 1. The lowest BCUT2D eigenvalue weighted by atomic mass is 9.63. The molecule has 2 heterocycles. The zero-order valence-corrected chi connectivity index (χ0v) is 17.0. The standard InChI is InChI=1S/C21H24ClN3O3/c1-3-28-19(26)18-16-13-25(12-9-17(16)24(2)23-18)20(27)21(10-4-11-21)14-5-7-15(22)8-6-14/h5-8H,3-4,9-13H2,1-2H3. The minimum absolute atomic E-state index is 0.130. The molecule has 0 radical (unpaired) electrons. The van der Waals surface area contributed by atoms with E-state index in [1.54, 1.807) is 11.6 Å². The summed E-state index contributed by atoms with van der Waals surface area (Å²) < 4.78 is 6.89. The van der Waals surface area contributed by atoms with Crippen LogP contribution in [0.3, 0.4) is 0 Å². The van der Waals surface area contributed by atoms with E-state index in [2.05, 4.69) is 5.10 Å². The third-order valence-electron chi connectivity index (χ3n) is 6.01.